The van der Waals surface area contributed by atoms with Gasteiger partial charge in [-0.1, -0.05) is 32.9 Å². The molecule has 0 bridgehead atoms. The fourth-order valence-corrected chi connectivity index (χ4v) is 3.37. The van der Waals surface area contributed by atoms with E-state index in [1.54, 1.807) is 12.7 Å². The van der Waals surface area contributed by atoms with Gasteiger partial charge < -0.3 is 4.74 Å². The molecule has 1 heterocycles. The van der Waals surface area contributed by atoms with Gasteiger partial charge in [0.15, 0.2) is 0 Å². The standard InChI is InChI=1S/C19H23NO/c1-19(2,3)17-9-8-14(15-6-5-7-16(15)17)13-10-11-20-18(12-13)21-4/h8-12H,5-7H2,1-4H3. The number of fused-ring (bicyclic) bond motifs is 1. The Morgan fingerprint density at radius 1 is 1.05 bits per heavy atom. The monoisotopic (exact) mass is 281 g/mol. The van der Waals surface area contributed by atoms with Crippen LogP contribution in [0, 0.1) is 0 Å². The predicted octanol–water partition coefficient (Wildman–Crippen LogP) is 4.54. The molecule has 2 aromatic rings. The maximum Gasteiger partial charge on any atom is 0.213 e. The number of ether oxygens (including phenoxy) is 1. The highest BCUT2D eigenvalue weighted by Crippen LogP contribution is 2.39. The van der Waals surface area contributed by atoms with Gasteiger partial charge in [-0.3, -0.25) is 0 Å². The maximum absolute atomic E-state index is 5.26. The van der Waals surface area contributed by atoms with Gasteiger partial charge in [0.25, 0.3) is 0 Å². The number of benzene rings is 1. The normalized spacial score (nSPS) is 14.1. The lowest BCUT2D eigenvalue weighted by Crippen LogP contribution is -2.14. The van der Waals surface area contributed by atoms with Gasteiger partial charge in [0, 0.05) is 12.3 Å². The molecule has 0 unspecified atom stereocenters. The highest BCUT2D eigenvalue weighted by atomic mass is 16.5. The molecule has 0 atom stereocenters. The van der Waals surface area contributed by atoms with Crippen LogP contribution < -0.4 is 4.74 Å². The van der Waals surface area contributed by atoms with Gasteiger partial charge in [-0.15, -0.1) is 0 Å². The molecule has 1 aliphatic carbocycles. The van der Waals surface area contributed by atoms with Gasteiger partial charge in [-0.05, 0) is 58.6 Å². The topological polar surface area (TPSA) is 22.1 Å². The molecule has 0 saturated carbocycles. The van der Waals surface area contributed by atoms with Crippen LogP contribution in [0.25, 0.3) is 11.1 Å². The molecule has 21 heavy (non-hydrogen) atoms. The largest absolute Gasteiger partial charge is 0.481 e. The average molecular weight is 281 g/mol. The Kier molecular flexibility index (Phi) is 3.48. The Hall–Kier alpha value is -1.83. The highest BCUT2D eigenvalue weighted by Gasteiger charge is 2.25. The second-order valence-corrected chi connectivity index (χ2v) is 6.81. The van der Waals surface area contributed by atoms with E-state index in [9.17, 15) is 0 Å². The Morgan fingerprint density at radius 3 is 2.52 bits per heavy atom. The lowest BCUT2D eigenvalue weighted by molar-refractivity contribution is 0.398. The molecule has 0 radical (unpaired) electrons. The summed E-state index contributed by atoms with van der Waals surface area (Å²) >= 11 is 0. The van der Waals surface area contributed by atoms with Crippen molar-refractivity contribution >= 4 is 0 Å². The summed E-state index contributed by atoms with van der Waals surface area (Å²) in [5.41, 5.74) is 7.35. The first kappa shape index (κ1) is 14.1. The first-order valence-corrected chi connectivity index (χ1v) is 7.66. The third kappa shape index (κ3) is 2.55. The molecule has 0 N–H and O–H groups in total. The Bertz CT molecular complexity index is 668. The van der Waals surface area contributed by atoms with Gasteiger partial charge >= 0.3 is 0 Å². The van der Waals surface area contributed by atoms with Crippen molar-refractivity contribution in [3.8, 4) is 17.0 Å². The Morgan fingerprint density at radius 2 is 1.81 bits per heavy atom. The maximum atomic E-state index is 5.26. The van der Waals surface area contributed by atoms with Crippen LogP contribution in [0.5, 0.6) is 5.88 Å². The second-order valence-electron chi connectivity index (χ2n) is 6.81. The van der Waals surface area contributed by atoms with Crippen LogP contribution in [0.1, 0.15) is 43.9 Å². The number of methoxy groups -OCH3 is 1. The van der Waals surface area contributed by atoms with Crippen LogP contribution in [-0.4, -0.2) is 12.1 Å². The summed E-state index contributed by atoms with van der Waals surface area (Å²) in [5.74, 6) is 0.680. The van der Waals surface area contributed by atoms with Gasteiger partial charge in [-0.25, -0.2) is 4.98 Å². The predicted molar refractivity (Wildman–Crippen MR) is 87.0 cm³/mol. The molecule has 0 amide bonds. The summed E-state index contributed by atoms with van der Waals surface area (Å²) in [4.78, 5) is 4.21. The minimum atomic E-state index is 0.211. The average Bonchev–Trinajstić information content (AvgIpc) is 2.94. The van der Waals surface area contributed by atoms with E-state index < -0.39 is 0 Å². The zero-order valence-electron chi connectivity index (χ0n) is 13.4. The SMILES string of the molecule is COc1cc(-c2ccc(C(C)(C)C)c3c2CCC3)ccn1. The van der Waals surface area contributed by atoms with E-state index in [1.165, 1.54) is 41.5 Å². The van der Waals surface area contributed by atoms with Crippen molar-refractivity contribution in [1.82, 2.24) is 4.98 Å². The van der Waals surface area contributed by atoms with Crippen LogP contribution in [0.3, 0.4) is 0 Å². The van der Waals surface area contributed by atoms with Crippen molar-refractivity contribution in [2.75, 3.05) is 7.11 Å². The number of hydrogen-bond acceptors (Lipinski definition) is 2. The molecular weight excluding hydrogens is 258 g/mol. The van der Waals surface area contributed by atoms with E-state index in [1.807, 2.05) is 12.3 Å². The molecule has 2 heteroatoms. The van der Waals surface area contributed by atoms with Gasteiger partial charge in [-0.2, -0.15) is 0 Å². The number of nitrogens with zero attached hydrogens (tertiary/aromatic N) is 1. The van der Waals surface area contributed by atoms with E-state index in [0.717, 1.165) is 0 Å². The Labute approximate surface area is 127 Å². The number of hydrogen-bond donors (Lipinski definition) is 0. The minimum absolute atomic E-state index is 0.211. The summed E-state index contributed by atoms with van der Waals surface area (Å²) in [5, 5.41) is 0. The fraction of sp³-hybridized carbons (Fsp3) is 0.421. The number of pyridine rings is 1. The molecule has 1 aliphatic rings. The third-order valence-electron chi connectivity index (χ3n) is 4.35. The summed E-state index contributed by atoms with van der Waals surface area (Å²) < 4.78 is 5.26. The van der Waals surface area contributed by atoms with Crippen molar-refractivity contribution in [2.24, 2.45) is 0 Å². The third-order valence-corrected chi connectivity index (χ3v) is 4.35. The van der Waals surface area contributed by atoms with Crippen LogP contribution in [0.2, 0.25) is 0 Å². The zero-order valence-corrected chi connectivity index (χ0v) is 13.4. The molecule has 0 saturated heterocycles. The Balaban J connectivity index is 2.15. The number of aromatic nitrogens is 1. The molecular formula is C19H23NO. The van der Waals surface area contributed by atoms with Crippen LogP contribution >= 0.6 is 0 Å². The lowest BCUT2D eigenvalue weighted by Gasteiger charge is -2.24. The minimum Gasteiger partial charge on any atom is -0.481 e. The second kappa shape index (κ2) is 5.18. The fourth-order valence-electron chi connectivity index (χ4n) is 3.37. The summed E-state index contributed by atoms with van der Waals surface area (Å²) in [6.07, 6.45) is 5.47. The summed E-state index contributed by atoms with van der Waals surface area (Å²) in [7, 11) is 1.67. The molecule has 3 rings (SSSR count). The molecule has 1 aromatic heterocycles. The van der Waals surface area contributed by atoms with Gasteiger partial charge in [0.05, 0.1) is 7.11 Å². The van der Waals surface area contributed by atoms with Crippen molar-refractivity contribution in [2.45, 2.75) is 45.4 Å². The van der Waals surface area contributed by atoms with E-state index in [0.29, 0.717) is 5.88 Å². The van der Waals surface area contributed by atoms with E-state index >= 15 is 0 Å². The quantitative estimate of drug-likeness (QED) is 0.806. The van der Waals surface area contributed by atoms with Crippen molar-refractivity contribution < 1.29 is 4.74 Å². The van der Waals surface area contributed by atoms with Gasteiger partial charge in [0.1, 0.15) is 0 Å². The van der Waals surface area contributed by atoms with Crippen molar-refractivity contribution in [3.05, 3.63) is 47.2 Å². The first-order chi connectivity index (χ1) is 10.0. The molecule has 2 nitrogen and oxygen atoms in total. The van der Waals surface area contributed by atoms with Crippen molar-refractivity contribution in [3.63, 3.8) is 0 Å². The van der Waals surface area contributed by atoms with Crippen LogP contribution in [0.4, 0.5) is 0 Å². The van der Waals surface area contributed by atoms with E-state index in [-0.39, 0.29) is 5.41 Å². The summed E-state index contributed by atoms with van der Waals surface area (Å²) in [6, 6.07) is 8.70. The molecule has 0 fully saturated rings. The van der Waals surface area contributed by atoms with Crippen LogP contribution in [-0.2, 0) is 18.3 Å². The number of rotatable bonds is 2. The molecule has 0 aliphatic heterocycles. The van der Waals surface area contributed by atoms with E-state index in [4.69, 9.17) is 4.74 Å². The molecule has 1 aromatic carbocycles. The highest BCUT2D eigenvalue weighted by molar-refractivity contribution is 5.71. The van der Waals surface area contributed by atoms with Gasteiger partial charge in [0.2, 0.25) is 5.88 Å². The van der Waals surface area contributed by atoms with E-state index in [2.05, 4.69) is 44.0 Å². The van der Waals surface area contributed by atoms with Crippen LogP contribution in [0.15, 0.2) is 30.5 Å². The molecule has 0 spiro atoms. The first-order valence-electron chi connectivity index (χ1n) is 7.66. The zero-order chi connectivity index (χ0) is 15.0. The summed E-state index contributed by atoms with van der Waals surface area (Å²) in [6.45, 7) is 6.90. The smallest absolute Gasteiger partial charge is 0.213 e. The lowest BCUT2D eigenvalue weighted by atomic mass is 9.81. The van der Waals surface area contributed by atoms with Crippen molar-refractivity contribution in [1.29, 1.82) is 0 Å². The molecule has 110 valence electrons.